The number of nitrogens with one attached hydrogen (secondary N) is 1. The van der Waals surface area contributed by atoms with Crippen LogP contribution in [0, 0.1) is 5.82 Å². The van der Waals surface area contributed by atoms with Crippen LogP contribution < -0.4 is 5.32 Å². The Morgan fingerprint density at radius 2 is 2.17 bits per heavy atom. The lowest BCUT2D eigenvalue weighted by Crippen LogP contribution is -2.23. The molecule has 0 aliphatic heterocycles. The molecule has 1 aromatic carbocycles. The Kier molecular flexibility index (Phi) is 4.04. The molecule has 0 radical (unpaired) electrons. The van der Waals surface area contributed by atoms with Crippen LogP contribution in [0.1, 0.15) is 16.1 Å². The van der Waals surface area contributed by atoms with E-state index < -0.39 is 5.82 Å². The van der Waals surface area contributed by atoms with E-state index in [1.165, 1.54) is 18.2 Å². The summed E-state index contributed by atoms with van der Waals surface area (Å²) in [7, 11) is 0. The van der Waals surface area contributed by atoms with E-state index in [1.54, 1.807) is 6.20 Å². The van der Waals surface area contributed by atoms with E-state index in [0.29, 0.717) is 12.1 Å². The first kappa shape index (κ1) is 12.7. The molecular formula is C13H10BrFN2O. The summed E-state index contributed by atoms with van der Waals surface area (Å²) >= 11 is 3.04. The number of carbonyl (C=O) groups is 1. The highest BCUT2D eigenvalue weighted by molar-refractivity contribution is 9.10. The minimum absolute atomic E-state index is 0.263. The summed E-state index contributed by atoms with van der Waals surface area (Å²) in [6.45, 7) is 0.342. The molecule has 0 fully saturated rings. The van der Waals surface area contributed by atoms with Crippen molar-refractivity contribution in [3.63, 3.8) is 0 Å². The van der Waals surface area contributed by atoms with Gasteiger partial charge in [-0.3, -0.25) is 9.78 Å². The minimum Gasteiger partial charge on any atom is -0.346 e. The Labute approximate surface area is 112 Å². The highest BCUT2D eigenvalue weighted by Gasteiger charge is 2.08. The van der Waals surface area contributed by atoms with Gasteiger partial charge in [0.05, 0.1) is 16.7 Å². The largest absolute Gasteiger partial charge is 0.346 e. The summed E-state index contributed by atoms with van der Waals surface area (Å²) in [5.74, 6) is -0.655. The maximum absolute atomic E-state index is 13.0. The first-order valence-corrected chi connectivity index (χ1v) is 6.09. The van der Waals surface area contributed by atoms with Crippen molar-refractivity contribution in [3.05, 3.63) is 64.1 Å². The summed E-state index contributed by atoms with van der Waals surface area (Å²) < 4.78 is 13.3. The Hall–Kier alpha value is -1.75. The molecule has 0 aliphatic rings. The molecular weight excluding hydrogens is 299 g/mol. The van der Waals surface area contributed by atoms with E-state index in [4.69, 9.17) is 0 Å². The van der Waals surface area contributed by atoms with Gasteiger partial charge in [-0.2, -0.15) is 0 Å². The number of nitrogens with zero attached hydrogens (tertiary/aromatic N) is 1. The average Bonchev–Trinajstić information content (AvgIpc) is 2.40. The monoisotopic (exact) mass is 308 g/mol. The molecule has 0 saturated heterocycles. The zero-order valence-electron chi connectivity index (χ0n) is 9.36. The average molecular weight is 309 g/mol. The van der Waals surface area contributed by atoms with Crippen molar-refractivity contribution in [3.8, 4) is 0 Å². The van der Waals surface area contributed by atoms with Gasteiger partial charge in [-0.25, -0.2) is 4.39 Å². The van der Waals surface area contributed by atoms with Crippen LogP contribution in [0.5, 0.6) is 0 Å². The summed E-state index contributed by atoms with van der Waals surface area (Å²) in [6.07, 6.45) is 1.66. The van der Waals surface area contributed by atoms with Gasteiger partial charge in [0.15, 0.2) is 0 Å². The highest BCUT2D eigenvalue weighted by atomic mass is 79.9. The number of rotatable bonds is 3. The maximum Gasteiger partial charge on any atom is 0.251 e. The number of halogens is 2. The van der Waals surface area contributed by atoms with Crippen LogP contribution in [0.2, 0.25) is 0 Å². The second kappa shape index (κ2) is 5.73. The Balaban J connectivity index is 2.02. The topological polar surface area (TPSA) is 42.0 Å². The fraction of sp³-hybridized carbons (Fsp3) is 0.0769. The summed E-state index contributed by atoms with van der Waals surface area (Å²) in [4.78, 5) is 15.9. The number of pyridine rings is 1. The zero-order chi connectivity index (χ0) is 13.0. The highest BCUT2D eigenvalue weighted by Crippen LogP contribution is 2.16. The Morgan fingerprint density at radius 3 is 2.83 bits per heavy atom. The lowest BCUT2D eigenvalue weighted by molar-refractivity contribution is 0.0950. The van der Waals surface area contributed by atoms with Crippen molar-refractivity contribution in [2.24, 2.45) is 0 Å². The van der Waals surface area contributed by atoms with Crippen molar-refractivity contribution < 1.29 is 9.18 Å². The third kappa shape index (κ3) is 3.13. The Bertz CT molecular complexity index is 560. The predicted octanol–water partition coefficient (Wildman–Crippen LogP) is 2.91. The fourth-order valence-corrected chi connectivity index (χ4v) is 1.79. The quantitative estimate of drug-likeness (QED) is 0.947. The number of hydrogen-bond acceptors (Lipinski definition) is 2. The van der Waals surface area contributed by atoms with Crippen LogP contribution in [0.3, 0.4) is 0 Å². The molecule has 1 N–H and O–H groups in total. The number of aromatic nitrogens is 1. The van der Waals surface area contributed by atoms with E-state index in [9.17, 15) is 9.18 Å². The zero-order valence-corrected chi connectivity index (χ0v) is 10.9. The number of hydrogen-bond donors (Lipinski definition) is 1. The normalized spacial score (nSPS) is 10.1. The van der Waals surface area contributed by atoms with Gasteiger partial charge in [-0.05, 0) is 46.3 Å². The van der Waals surface area contributed by atoms with Gasteiger partial charge in [0.1, 0.15) is 5.82 Å². The third-order valence-electron chi connectivity index (χ3n) is 2.34. The number of amides is 1. The molecule has 0 unspecified atom stereocenters. The molecule has 0 saturated carbocycles. The van der Waals surface area contributed by atoms with Crippen molar-refractivity contribution in [2.45, 2.75) is 6.54 Å². The molecule has 0 atom stereocenters. The van der Waals surface area contributed by atoms with Gasteiger partial charge in [0, 0.05) is 11.8 Å². The fourth-order valence-electron chi connectivity index (χ4n) is 1.41. The molecule has 2 rings (SSSR count). The summed E-state index contributed by atoms with van der Waals surface area (Å²) in [5, 5.41) is 2.72. The van der Waals surface area contributed by atoms with Crippen molar-refractivity contribution in [2.75, 3.05) is 0 Å². The molecule has 0 aliphatic carbocycles. The molecule has 1 aromatic heterocycles. The molecule has 18 heavy (non-hydrogen) atoms. The van der Waals surface area contributed by atoms with Crippen LogP contribution in [-0.2, 0) is 6.54 Å². The van der Waals surface area contributed by atoms with Gasteiger partial charge in [-0.1, -0.05) is 6.07 Å². The van der Waals surface area contributed by atoms with E-state index in [0.717, 1.165) is 5.69 Å². The van der Waals surface area contributed by atoms with Crippen LogP contribution in [-0.4, -0.2) is 10.9 Å². The number of benzene rings is 1. The van der Waals surface area contributed by atoms with Gasteiger partial charge >= 0.3 is 0 Å². The molecule has 2 aromatic rings. The minimum atomic E-state index is -0.392. The first-order valence-electron chi connectivity index (χ1n) is 5.30. The van der Waals surface area contributed by atoms with Gasteiger partial charge < -0.3 is 5.32 Å². The van der Waals surface area contributed by atoms with Gasteiger partial charge in [0.2, 0.25) is 0 Å². The van der Waals surface area contributed by atoms with Crippen LogP contribution in [0.15, 0.2) is 47.1 Å². The van der Waals surface area contributed by atoms with E-state index in [-0.39, 0.29) is 10.4 Å². The van der Waals surface area contributed by atoms with E-state index in [1.807, 2.05) is 18.2 Å². The van der Waals surface area contributed by atoms with E-state index >= 15 is 0 Å². The smallest absolute Gasteiger partial charge is 0.251 e. The van der Waals surface area contributed by atoms with Gasteiger partial charge in [-0.15, -0.1) is 0 Å². The molecule has 0 spiro atoms. The van der Waals surface area contributed by atoms with Crippen molar-refractivity contribution in [1.29, 1.82) is 0 Å². The van der Waals surface area contributed by atoms with E-state index in [2.05, 4.69) is 26.2 Å². The second-order valence-electron chi connectivity index (χ2n) is 3.63. The SMILES string of the molecule is O=C(NCc1ccccn1)c1ccc(F)c(Br)c1. The third-order valence-corrected chi connectivity index (χ3v) is 2.95. The van der Waals surface area contributed by atoms with Crippen LogP contribution in [0.25, 0.3) is 0 Å². The van der Waals surface area contributed by atoms with Crippen LogP contribution >= 0.6 is 15.9 Å². The second-order valence-corrected chi connectivity index (χ2v) is 4.49. The molecule has 3 nitrogen and oxygen atoms in total. The summed E-state index contributed by atoms with van der Waals surface area (Å²) in [5.41, 5.74) is 1.17. The number of carbonyl (C=O) groups excluding carboxylic acids is 1. The first-order chi connectivity index (χ1) is 8.66. The molecule has 5 heteroatoms. The predicted molar refractivity (Wildman–Crippen MR) is 69.5 cm³/mol. The van der Waals surface area contributed by atoms with Crippen molar-refractivity contribution >= 4 is 21.8 Å². The lowest BCUT2D eigenvalue weighted by atomic mass is 10.2. The summed E-state index contributed by atoms with van der Waals surface area (Å²) in [6, 6.07) is 9.61. The van der Waals surface area contributed by atoms with Gasteiger partial charge in [0.25, 0.3) is 5.91 Å². The molecule has 92 valence electrons. The lowest BCUT2D eigenvalue weighted by Gasteiger charge is -2.05. The maximum atomic E-state index is 13.0. The van der Waals surface area contributed by atoms with Crippen molar-refractivity contribution in [1.82, 2.24) is 10.3 Å². The molecule has 0 bridgehead atoms. The Morgan fingerprint density at radius 1 is 1.33 bits per heavy atom. The molecule has 1 amide bonds. The van der Waals surface area contributed by atoms with Crippen LogP contribution in [0.4, 0.5) is 4.39 Å². The standard InChI is InChI=1S/C13H10BrFN2O/c14-11-7-9(4-5-12(11)15)13(18)17-8-10-3-1-2-6-16-10/h1-7H,8H2,(H,17,18). The molecule has 1 heterocycles.